The summed E-state index contributed by atoms with van der Waals surface area (Å²) in [6.07, 6.45) is 4.10. The minimum atomic E-state index is -0.505. The second-order valence-corrected chi connectivity index (χ2v) is 7.02. The van der Waals surface area contributed by atoms with Gasteiger partial charge in [0, 0.05) is 25.1 Å². The zero-order valence-corrected chi connectivity index (χ0v) is 15.8. The predicted octanol–water partition coefficient (Wildman–Crippen LogP) is 4.08. The lowest BCUT2D eigenvalue weighted by molar-refractivity contribution is -0.130. The number of amides is 2. The highest BCUT2D eigenvalue weighted by Gasteiger charge is 2.27. The molecule has 28 heavy (non-hydrogen) atoms. The normalized spacial score (nSPS) is 15.0. The maximum atomic E-state index is 13.2. The molecule has 1 aliphatic rings. The van der Waals surface area contributed by atoms with Crippen molar-refractivity contribution in [3.63, 3.8) is 0 Å². The van der Waals surface area contributed by atoms with Crippen molar-refractivity contribution in [3.05, 3.63) is 64.9 Å². The summed E-state index contributed by atoms with van der Waals surface area (Å²) in [5.74, 6) is -1.03. The lowest BCUT2D eigenvalue weighted by Crippen LogP contribution is -2.40. The zero-order chi connectivity index (χ0) is 20.1. The van der Waals surface area contributed by atoms with Gasteiger partial charge in [-0.05, 0) is 48.7 Å². The van der Waals surface area contributed by atoms with Crippen molar-refractivity contribution in [3.8, 4) is 5.75 Å². The van der Waals surface area contributed by atoms with Crippen LogP contribution in [-0.4, -0.2) is 34.9 Å². The quantitative estimate of drug-likeness (QED) is 0.598. The summed E-state index contributed by atoms with van der Waals surface area (Å²) in [7, 11) is 0. The number of nitrogens with zero attached hydrogens (tertiary/aromatic N) is 1. The lowest BCUT2D eigenvalue weighted by atomic mass is 9.95. The molecule has 0 spiro atoms. The molecule has 2 N–H and O–H groups in total. The van der Waals surface area contributed by atoms with E-state index in [1.54, 1.807) is 35.2 Å². The lowest BCUT2D eigenvalue weighted by Gasteiger charge is -2.30. The van der Waals surface area contributed by atoms with Gasteiger partial charge in [-0.25, -0.2) is 4.39 Å². The topological polar surface area (TPSA) is 69.6 Å². The summed E-state index contributed by atoms with van der Waals surface area (Å²) in [6, 6.07) is 10.8. The molecule has 0 atom stereocenters. The molecule has 1 aliphatic heterocycles. The Morgan fingerprint density at radius 3 is 2.57 bits per heavy atom. The maximum Gasteiger partial charge on any atom is 0.246 e. The number of para-hydroxylation sites is 2. The van der Waals surface area contributed by atoms with Gasteiger partial charge >= 0.3 is 0 Å². The molecule has 1 heterocycles. The second kappa shape index (κ2) is 8.89. The van der Waals surface area contributed by atoms with Crippen LogP contribution in [0.2, 0.25) is 5.02 Å². The highest BCUT2D eigenvalue weighted by atomic mass is 35.5. The number of likely N-dealkylation sites (tertiary alicyclic amines) is 1. The first-order valence-electron chi connectivity index (χ1n) is 8.95. The highest BCUT2D eigenvalue weighted by Crippen LogP contribution is 2.25. The average molecular weight is 403 g/mol. The van der Waals surface area contributed by atoms with Crippen molar-refractivity contribution in [2.24, 2.45) is 5.92 Å². The van der Waals surface area contributed by atoms with Crippen molar-refractivity contribution in [1.82, 2.24) is 4.90 Å². The van der Waals surface area contributed by atoms with E-state index in [0.717, 1.165) is 0 Å². The first-order valence-corrected chi connectivity index (χ1v) is 9.33. The molecule has 2 aromatic rings. The van der Waals surface area contributed by atoms with Gasteiger partial charge in [-0.1, -0.05) is 29.8 Å². The van der Waals surface area contributed by atoms with Crippen molar-refractivity contribution in [2.45, 2.75) is 12.8 Å². The van der Waals surface area contributed by atoms with Crippen LogP contribution in [0.5, 0.6) is 5.75 Å². The molecule has 1 saturated heterocycles. The Bertz CT molecular complexity index is 908. The molecule has 1 fully saturated rings. The van der Waals surface area contributed by atoms with E-state index < -0.39 is 5.82 Å². The number of phenols is 1. The van der Waals surface area contributed by atoms with Gasteiger partial charge in [0.05, 0.1) is 10.7 Å². The second-order valence-electron chi connectivity index (χ2n) is 6.61. The number of carbonyl (C=O) groups excluding carboxylic acids is 2. The highest BCUT2D eigenvalue weighted by molar-refractivity contribution is 6.30. The van der Waals surface area contributed by atoms with E-state index in [1.165, 1.54) is 24.3 Å². The number of carbonyl (C=O) groups is 2. The van der Waals surface area contributed by atoms with Gasteiger partial charge in [-0.15, -0.1) is 0 Å². The third-order valence-corrected chi connectivity index (χ3v) is 4.99. The minimum absolute atomic E-state index is 0.00544. The Kier molecular flexibility index (Phi) is 6.31. The van der Waals surface area contributed by atoms with Crippen LogP contribution in [0.4, 0.5) is 10.1 Å². The summed E-state index contributed by atoms with van der Waals surface area (Å²) >= 11 is 5.73. The Balaban J connectivity index is 1.52. The maximum absolute atomic E-state index is 13.2. The Morgan fingerprint density at radius 2 is 1.89 bits per heavy atom. The summed E-state index contributed by atoms with van der Waals surface area (Å²) < 4.78 is 13.2. The summed E-state index contributed by atoms with van der Waals surface area (Å²) in [5, 5.41) is 12.5. The fourth-order valence-electron chi connectivity index (χ4n) is 3.07. The molecule has 2 amide bonds. The van der Waals surface area contributed by atoms with Crippen LogP contribution in [0.3, 0.4) is 0 Å². The summed E-state index contributed by atoms with van der Waals surface area (Å²) in [5.41, 5.74) is 1.02. The number of halogens is 2. The van der Waals surface area contributed by atoms with E-state index in [9.17, 15) is 19.1 Å². The van der Waals surface area contributed by atoms with Gasteiger partial charge in [0.15, 0.2) is 0 Å². The zero-order valence-electron chi connectivity index (χ0n) is 15.1. The van der Waals surface area contributed by atoms with Crippen LogP contribution >= 0.6 is 11.6 Å². The molecular weight excluding hydrogens is 383 g/mol. The Morgan fingerprint density at radius 1 is 1.18 bits per heavy atom. The molecule has 7 heteroatoms. The molecule has 3 rings (SSSR count). The summed E-state index contributed by atoms with van der Waals surface area (Å²) in [4.78, 5) is 26.4. The van der Waals surface area contributed by atoms with Gasteiger partial charge in [0.1, 0.15) is 11.6 Å². The molecule has 5 nitrogen and oxygen atoms in total. The van der Waals surface area contributed by atoms with Crippen molar-refractivity contribution in [1.29, 1.82) is 0 Å². The van der Waals surface area contributed by atoms with E-state index in [4.69, 9.17) is 11.6 Å². The summed E-state index contributed by atoms with van der Waals surface area (Å²) in [6.45, 7) is 0.929. The smallest absolute Gasteiger partial charge is 0.246 e. The number of benzene rings is 2. The molecule has 146 valence electrons. The number of rotatable bonds is 4. The number of hydrogen-bond donors (Lipinski definition) is 2. The van der Waals surface area contributed by atoms with Crippen LogP contribution in [0.15, 0.2) is 48.5 Å². The standard InChI is InChI=1S/C21H20ClFN2O3/c22-16-13-14(5-7-17(16)23)6-8-20(27)25-11-9-15(10-12-25)21(28)24-18-3-1-2-4-19(18)26/h1-8,13,15,26H,9-12H2,(H,24,28)/b8-6+. The Labute approximate surface area is 167 Å². The number of hydrogen-bond acceptors (Lipinski definition) is 3. The van der Waals surface area contributed by atoms with Gasteiger partial charge < -0.3 is 15.3 Å². The molecule has 0 aromatic heterocycles. The molecule has 0 saturated carbocycles. The SMILES string of the molecule is O=C(Nc1ccccc1O)C1CCN(C(=O)/C=C/c2ccc(F)c(Cl)c2)CC1. The van der Waals surface area contributed by atoms with Gasteiger partial charge in [-0.2, -0.15) is 0 Å². The third kappa shape index (κ3) is 4.89. The molecule has 0 unspecified atom stereocenters. The fraction of sp³-hybridized carbons (Fsp3) is 0.238. The Hall–Kier alpha value is -2.86. The molecule has 2 aromatic carbocycles. The van der Waals surface area contributed by atoms with Crippen molar-refractivity contribution >= 4 is 35.2 Å². The van der Waals surface area contributed by atoms with Crippen LogP contribution in [0.1, 0.15) is 18.4 Å². The van der Waals surface area contributed by atoms with Crippen LogP contribution in [0.25, 0.3) is 6.08 Å². The largest absolute Gasteiger partial charge is 0.506 e. The molecule has 0 radical (unpaired) electrons. The van der Waals surface area contributed by atoms with Crippen molar-refractivity contribution < 1.29 is 19.1 Å². The fourth-order valence-corrected chi connectivity index (χ4v) is 3.25. The average Bonchev–Trinajstić information content (AvgIpc) is 2.70. The van der Waals surface area contributed by atoms with Crippen LogP contribution < -0.4 is 5.32 Å². The molecular formula is C21H20ClFN2O3. The first kappa shape index (κ1) is 19.9. The number of piperidine rings is 1. The van der Waals surface area contributed by atoms with Gasteiger partial charge in [0.25, 0.3) is 0 Å². The van der Waals surface area contributed by atoms with E-state index in [0.29, 0.717) is 37.2 Å². The van der Waals surface area contributed by atoms with Crippen molar-refractivity contribution in [2.75, 3.05) is 18.4 Å². The van der Waals surface area contributed by atoms with E-state index in [1.807, 2.05) is 0 Å². The molecule has 0 aliphatic carbocycles. The van der Waals surface area contributed by atoms with Crippen LogP contribution in [-0.2, 0) is 9.59 Å². The van der Waals surface area contributed by atoms with Gasteiger partial charge in [0.2, 0.25) is 11.8 Å². The number of aromatic hydroxyl groups is 1. The van der Waals surface area contributed by atoms with Crippen LogP contribution in [0, 0.1) is 11.7 Å². The molecule has 0 bridgehead atoms. The van der Waals surface area contributed by atoms with E-state index in [-0.39, 0.29) is 28.5 Å². The monoisotopic (exact) mass is 402 g/mol. The van der Waals surface area contributed by atoms with E-state index >= 15 is 0 Å². The number of phenolic OH excluding ortho intramolecular Hbond substituents is 1. The number of nitrogens with one attached hydrogen (secondary N) is 1. The third-order valence-electron chi connectivity index (χ3n) is 4.70. The van der Waals surface area contributed by atoms with E-state index in [2.05, 4.69) is 5.32 Å². The number of anilines is 1. The first-order chi connectivity index (χ1) is 13.4. The predicted molar refractivity (Wildman–Crippen MR) is 106 cm³/mol. The van der Waals surface area contributed by atoms with Gasteiger partial charge in [-0.3, -0.25) is 9.59 Å². The minimum Gasteiger partial charge on any atom is -0.506 e.